The Hall–Kier alpha value is -1.02. The summed E-state index contributed by atoms with van der Waals surface area (Å²) in [5.41, 5.74) is 2.69. The second-order valence-corrected chi connectivity index (χ2v) is 6.84. The van der Waals surface area contributed by atoms with Gasteiger partial charge in [0.15, 0.2) is 0 Å². The van der Waals surface area contributed by atoms with Crippen molar-refractivity contribution in [3.05, 3.63) is 29.3 Å². The summed E-state index contributed by atoms with van der Waals surface area (Å²) in [4.78, 5) is 0. The number of rotatable bonds is 5. The summed E-state index contributed by atoms with van der Waals surface area (Å²) >= 11 is 0. The molecule has 0 aromatic heterocycles. The van der Waals surface area contributed by atoms with Gasteiger partial charge >= 0.3 is 0 Å². The third kappa shape index (κ3) is 3.60. The molecule has 1 aliphatic heterocycles. The molecule has 21 heavy (non-hydrogen) atoms. The molecule has 1 saturated carbocycles. The highest BCUT2D eigenvalue weighted by Gasteiger charge is 2.25. The van der Waals surface area contributed by atoms with Gasteiger partial charge in [-0.1, -0.05) is 38.3 Å². The summed E-state index contributed by atoms with van der Waals surface area (Å²) in [5.74, 6) is 2.49. The third-order valence-corrected chi connectivity index (χ3v) is 5.50. The lowest BCUT2D eigenvalue weighted by atomic mass is 9.77. The summed E-state index contributed by atoms with van der Waals surface area (Å²) in [7, 11) is 0. The maximum atomic E-state index is 10.5. The fourth-order valence-corrected chi connectivity index (χ4v) is 3.93. The molecular weight excluding hydrogens is 260 g/mol. The van der Waals surface area contributed by atoms with E-state index in [4.69, 9.17) is 4.74 Å². The number of benzene rings is 1. The van der Waals surface area contributed by atoms with Crippen LogP contribution in [0, 0.1) is 11.8 Å². The van der Waals surface area contributed by atoms with E-state index in [0.717, 1.165) is 37.5 Å². The summed E-state index contributed by atoms with van der Waals surface area (Å²) in [6.07, 6.45) is 9.18. The molecular formula is C19H28O2. The highest BCUT2D eigenvalue weighted by atomic mass is 16.5. The van der Waals surface area contributed by atoms with Crippen molar-refractivity contribution < 1.29 is 9.84 Å². The SMILES string of the molecule is CCC1CCC(C(O)CCc2ccc3c(c2)CCO3)CC1. The molecule has 1 aliphatic carbocycles. The van der Waals surface area contributed by atoms with Gasteiger partial charge in [-0.2, -0.15) is 0 Å². The van der Waals surface area contributed by atoms with Crippen LogP contribution < -0.4 is 4.74 Å². The molecule has 116 valence electrons. The number of aryl methyl sites for hydroxylation is 1. The van der Waals surface area contributed by atoms with E-state index in [9.17, 15) is 5.11 Å². The molecule has 1 N–H and O–H groups in total. The monoisotopic (exact) mass is 288 g/mol. The lowest BCUT2D eigenvalue weighted by Crippen LogP contribution is -2.26. The summed E-state index contributed by atoms with van der Waals surface area (Å²) in [6.45, 7) is 3.11. The zero-order valence-electron chi connectivity index (χ0n) is 13.2. The van der Waals surface area contributed by atoms with Crippen LogP contribution in [0.15, 0.2) is 18.2 Å². The molecule has 1 atom stereocenters. The van der Waals surface area contributed by atoms with Crippen LogP contribution in [0.25, 0.3) is 0 Å². The molecule has 1 unspecified atom stereocenters. The maximum Gasteiger partial charge on any atom is 0.122 e. The van der Waals surface area contributed by atoms with Crippen molar-refractivity contribution in [3.63, 3.8) is 0 Å². The van der Waals surface area contributed by atoms with E-state index >= 15 is 0 Å². The van der Waals surface area contributed by atoms with Crippen LogP contribution in [0.3, 0.4) is 0 Å². The Kier molecular flexibility index (Phi) is 4.84. The van der Waals surface area contributed by atoms with Gasteiger partial charge in [0.2, 0.25) is 0 Å². The third-order valence-electron chi connectivity index (χ3n) is 5.50. The second kappa shape index (κ2) is 6.83. The van der Waals surface area contributed by atoms with Crippen LogP contribution in [-0.4, -0.2) is 17.8 Å². The number of hydrogen-bond acceptors (Lipinski definition) is 2. The predicted molar refractivity (Wildman–Crippen MR) is 85.7 cm³/mol. The van der Waals surface area contributed by atoms with Gasteiger partial charge in [0.1, 0.15) is 5.75 Å². The highest BCUT2D eigenvalue weighted by molar-refractivity contribution is 5.39. The first-order chi connectivity index (χ1) is 10.3. The second-order valence-electron chi connectivity index (χ2n) is 6.84. The van der Waals surface area contributed by atoms with Crippen molar-refractivity contribution >= 4 is 0 Å². The molecule has 0 radical (unpaired) electrons. The van der Waals surface area contributed by atoms with E-state index in [-0.39, 0.29) is 6.10 Å². The first-order valence-electron chi connectivity index (χ1n) is 8.69. The van der Waals surface area contributed by atoms with Crippen LogP contribution in [0.1, 0.15) is 56.6 Å². The van der Waals surface area contributed by atoms with Gasteiger partial charge in [0.25, 0.3) is 0 Å². The van der Waals surface area contributed by atoms with Gasteiger partial charge in [-0.05, 0) is 54.7 Å². The number of aliphatic hydroxyl groups excluding tert-OH is 1. The Morgan fingerprint density at radius 1 is 1.24 bits per heavy atom. The van der Waals surface area contributed by atoms with Crippen molar-refractivity contribution in [2.24, 2.45) is 11.8 Å². The molecule has 0 bridgehead atoms. The van der Waals surface area contributed by atoms with E-state index in [2.05, 4.69) is 25.1 Å². The van der Waals surface area contributed by atoms with Crippen LogP contribution in [0.2, 0.25) is 0 Å². The van der Waals surface area contributed by atoms with E-state index < -0.39 is 0 Å². The van der Waals surface area contributed by atoms with Gasteiger partial charge in [0.05, 0.1) is 12.7 Å². The van der Waals surface area contributed by atoms with Crippen LogP contribution in [-0.2, 0) is 12.8 Å². The Morgan fingerprint density at radius 2 is 2.05 bits per heavy atom. The first-order valence-corrected chi connectivity index (χ1v) is 8.69. The van der Waals surface area contributed by atoms with Crippen LogP contribution >= 0.6 is 0 Å². The van der Waals surface area contributed by atoms with Crippen LogP contribution in [0.5, 0.6) is 5.75 Å². The Labute approximate surface area is 128 Å². The molecule has 1 heterocycles. The molecule has 2 heteroatoms. The van der Waals surface area contributed by atoms with Gasteiger partial charge in [-0.15, -0.1) is 0 Å². The van der Waals surface area contributed by atoms with Crippen molar-refractivity contribution in [1.82, 2.24) is 0 Å². The van der Waals surface area contributed by atoms with E-state index in [0.29, 0.717) is 5.92 Å². The first kappa shape index (κ1) is 14.9. The average Bonchev–Trinajstić information content (AvgIpc) is 3.00. The summed E-state index contributed by atoms with van der Waals surface area (Å²) in [6, 6.07) is 6.52. The molecule has 1 fully saturated rings. The lowest BCUT2D eigenvalue weighted by molar-refractivity contribution is 0.0666. The number of hydrogen-bond donors (Lipinski definition) is 1. The van der Waals surface area contributed by atoms with Crippen LogP contribution in [0.4, 0.5) is 0 Å². The quantitative estimate of drug-likeness (QED) is 0.882. The number of aliphatic hydroxyl groups is 1. The molecule has 2 aliphatic rings. The van der Waals surface area contributed by atoms with Crippen molar-refractivity contribution in [1.29, 1.82) is 0 Å². The van der Waals surface area contributed by atoms with Gasteiger partial charge in [-0.25, -0.2) is 0 Å². The zero-order valence-corrected chi connectivity index (χ0v) is 13.2. The fraction of sp³-hybridized carbons (Fsp3) is 0.684. The molecule has 3 rings (SSSR count). The van der Waals surface area contributed by atoms with Gasteiger partial charge in [0, 0.05) is 6.42 Å². The van der Waals surface area contributed by atoms with Crippen molar-refractivity contribution in [2.45, 2.75) is 64.4 Å². The molecule has 0 saturated heterocycles. The standard InChI is InChI=1S/C19H28O2/c1-2-14-3-7-16(8-4-14)18(20)9-5-15-6-10-19-17(13-15)11-12-21-19/h6,10,13-14,16,18,20H,2-5,7-9,11-12H2,1H3. The molecule has 1 aromatic carbocycles. The van der Waals surface area contributed by atoms with Crippen molar-refractivity contribution in [3.8, 4) is 5.75 Å². The minimum absolute atomic E-state index is 0.118. The molecule has 1 aromatic rings. The topological polar surface area (TPSA) is 29.5 Å². The van der Waals surface area contributed by atoms with Crippen molar-refractivity contribution in [2.75, 3.05) is 6.61 Å². The normalized spacial score (nSPS) is 26.2. The van der Waals surface area contributed by atoms with Gasteiger partial charge < -0.3 is 9.84 Å². The molecule has 2 nitrogen and oxygen atoms in total. The molecule has 0 spiro atoms. The Morgan fingerprint density at radius 3 is 2.81 bits per heavy atom. The van der Waals surface area contributed by atoms with E-state index in [1.54, 1.807) is 0 Å². The smallest absolute Gasteiger partial charge is 0.122 e. The van der Waals surface area contributed by atoms with E-state index in [1.165, 1.54) is 43.2 Å². The summed E-state index contributed by atoms with van der Waals surface area (Å²) < 4.78 is 5.55. The molecule has 0 amide bonds. The lowest BCUT2D eigenvalue weighted by Gasteiger charge is -2.31. The Balaban J connectivity index is 1.48. The number of fused-ring (bicyclic) bond motifs is 1. The summed E-state index contributed by atoms with van der Waals surface area (Å²) in [5, 5.41) is 10.5. The Bertz CT molecular complexity index is 461. The van der Waals surface area contributed by atoms with E-state index in [1.807, 2.05) is 0 Å². The highest BCUT2D eigenvalue weighted by Crippen LogP contribution is 2.34. The fourth-order valence-electron chi connectivity index (χ4n) is 3.93. The maximum absolute atomic E-state index is 10.5. The minimum Gasteiger partial charge on any atom is -0.493 e. The van der Waals surface area contributed by atoms with Gasteiger partial charge in [-0.3, -0.25) is 0 Å². The average molecular weight is 288 g/mol. The minimum atomic E-state index is -0.118. The number of ether oxygens (including phenoxy) is 1. The predicted octanol–water partition coefficient (Wildman–Crippen LogP) is 4.13. The zero-order chi connectivity index (χ0) is 14.7. The largest absolute Gasteiger partial charge is 0.493 e.